The van der Waals surface area contributed by atoms with Crippen molar-refractivity contribution in [3.8, 4) is 0 Å². The second-order valence-electron chi connectivity index (χ2n) is 9.38. The van der Waals surface area contributed by atoms with Gasteiger partial charge < -0.3 is 15.2 Å². The van der Waals surface area contributed by atoms with Gasteiger partial charge in [0.2, 0.25) is 5.91 Å². The van der Waals surface area contributed by atoms with Crippen LogP contribution in [0.5, 0.6) is 0 Å². The second-order valence-corrected chi connectivity index (χ2v) is 10.3. The number of rotatable bonds is 4. The number of benzene rings is 1. The van der Waals surface area contributed by atoms with Gasteiger partial charge in [0, 0.05) is 30.9 Å². The van der Waals surface area contributed by atoms with Crippen molar-refractivity contribution in [2.45, 2.75) is 33.6 Å². The van der Waals surface area contributed by atoms with Crippen LogP contribution in [-0.2, 0) is 4.79 Å². The van der Waals surface area contributed by atoms with Crippen molar-refractivity contribution in [3.05, 3.63) is 47.9 Å². The lowest BCUT2D eigenvalue weighted by atomic mass is 9.91. The van der Waals surface area contributed by atoms with E-state index in [1.165, 1.54) is 5.57 Å². The smallest absolute Gasteiger partial charge is 0.223 e. The molecule has 164 valence electrons. The van der Waals surface area contributed by atoms with Crippen LogP contribution in [0.1, 0.15) is 39.3 Å². The van der Waals surface area contributed by atoms with Gasteiger partial charge in [-0.05, 0) is 41.7 Å². The first-order valence-electron chi connectivity index (χ1n) is 10.8. The summed E-state index contributed by atoms with van der Waals surface area (Å²) in [5, 5.41) is 4.35. The van der Waals surface area contributed by atoms with Crippen LogP contribution in [0.25, 0.3) is 26.8 Å². The lowest BCUT2D eigenvalue weighted by Crippen LogP contribution is -2.36. The molecule has 0 bridgehead atoms. The molecule has 0 unspecified atom stereocenters. The molecule has 0 atom stereocenters. The van der Waals surface area contributed by atoms with Crippen LogP contribution in [0.3, 0.4) is 0 Å². The molecule has 0 aliphatic carbocycles. The van der Waals surface area contributed by atoms with Gasteiger partial charge in [-0.1, -0.05) is 26.8 Å². The largest absolute Gasteiger partial charge is 0.340 e. The van der Waals surface area contributed by atoms with E-state index in [-0.39, 0.29) is 11.3 Å². The third kappa shape index (κ3) is 4.23. The van der Waals surface area contributed by atoms with Crippen molar-refractivity contribution < 1.29 is 4.79 Å². The Balaban J connectivity index is 1.37. The van der Waals surface area contributed by atoms with E-state index in [1.807, 2.05) is 22.5 Å². The summed E-state index contributed by atoms with van der Waals surface area (Å²) in [6.07, 6.45) is 5.10. The Labute approximate surface area is 190 Å². The van der Waals surface area contributed by atoms with E-state index in [2.05, 4.69) is 64.2 Å². The highest BCUT2D eigenvalue weighted by atomic mass is 32.1. The van der Waals surface area contributed by atoms with Crippen molar-refractivity contribution >= 4 is 55.6 Å². The number of fused-ring (bicyclic) bond motifs is 2. The predicted molar refractivity (Wildman–Crippen MR) is 130 cm³/mol. The zero-order chi connectivity index (χ0) is 22.3. The Morgan fingerprint density at radius 1 is 1.22 bits per heavy atom. The van der Waals surface area contributed by atoms with Crippen molar-refractivity contribution in [2.75, 3.05) is 18.4 Å². The van der Waals surface area contributed by atoms with Gasteiger partial charge in [0.25, 0.3) is 0 Å². The fraction of sp³-hybridized carbons (Fsp3) is 0.333. The minimum Gasteiger partial charge on any atom is -0.340 e. The number of aromatic amines is 1. The maximum Gasteiger partial charge on any atom is 0.223 e. The molecule has 8 heteroatoms. The number of carbonyl (C=O) groups is 1. The normalized spacial score (nSPS) is 14.7. The van der Waals surface area contributed by atoms with Crippen LogP contribution in [0.2, 0.25) is 0 Å². The van der Waals surface area contributed by atoms with Crippen LogP contribution in [-0.4, -0.2) is 43.8 Å². The highest BCUT2D eigenvalue weighted by Gasteiger charge is 2.23. The van der Waals surface area contributed by atoms with Gasteiger partial charge >= 0.3 is 0 Å². The molecule has 0 fully saturated rings. The molecule has 0 saturated heterocycles. The third-order valence-electron chi connectivity index (χ3n) is 5.61. The number of H-pyrrole nitrogens is 1. The first-order chi connectivity index (χ1) is 15.4. The van der Waals surface area contributed by atoms with Gasteiger partial charge in [0.15, 0.2) is 0 Å². The molecule has 4 aromatic rings. The lowest BCUT2D eigenvalue weighted by molar-refractivity contribution is -0.132. The topological polar surface area (TPSA) is 86.8 Å². The van der Waals surface area contributed by atoms with Crippen molar-refractivity contribution in [1.82, 2.24) is 24.8 Å². The van der Waals surface area contributed by atoms with Crippen molar-refractivity contribution in [3.63, 3.8) is 0 Å². The monoisotopic (exact) mass is 446 g/mol. The SMILES string of the molecule is CC(C)(C)CC(=O)N1CC=C(c2cc3c(Nc4ccc5scnc5c4)ncnc3[nH]2)CC1. The second kappa shape index (κ2) is 8.02. The Morgan fingerprint density at radius 2 is 2.09 bits per heavy atom. The molecular weight excluding hydrogens is 420 g/mol. The van der Waals surface area contributed by atoms with Gasteiger partial charge in [-0.15, -0.1) is 11.3 Å². The molecule has 32 heavy (non-hydrogen) atoms. The molecule has 7 nitrogen and oxygen atoms in total. The number of nitrogens with one attached hydrogen (secondary N) is 2. The summed E-state index contributed by atoms with van der Waals surface area (Å²) in [6, 6.07) is 8.22. The highest BCUT2D eigenvalue weighted by molar-refractivity contribution is 7.16. The minimum atomic E-state index is 0.00431. The van der Waals surface area contributed by atoms with E-state index in [4.69, 9.17) is 0 Å². The van der Waals surface area contributed by atoms with Crippen LogP contribution in [0.15, 0.2) is 42.2 Å². The van der Waals surface area contributed by atoms with E-state index in [0.29, 0.717) is 13.0 Å². The Kier molecular flexibility index (Phi) is 5.17. The maximum absolute atomic E-state index is 12.5. The number of anilines is 2. The number of carbonyl (C=O) groups excluding carboxylic acids is 1. The average molecular weight is 447 g/mol. The molecule has 0 saturated carbocycles. The summed E-state index contributed by atoms with van der Waals surface area (Å²) in [5.41, 5.74) is 6.79. The van der Waals surface area contributed by atoms with E-state index in [1.54, 1.807) is 17.7 Å². The fourth-order valence-electron chi connectivity index (χ4n) is 3.99. The van der Waals surface area contributed by atoms with E-state index in [0.717, 1.165) is 51.4 Å². The molecule has 0 spiro atoms. The molecule has 0 radical (unpaired) electrons. The highest BCUT2D eigenvalue weighted by Crippen LogP contribution is 2.30. The van der Waals surface area contributed by atoms with Gasteiger partial charge in [-0.2, -0.15) is 0 Å². The molecule has 4 heterocycles. The number of amides is 1. The van der Waals surface area contributed by atoms with E-state index >= 15 is 0 Å². The number of hydrogen-bond acceptors (Lipinski definition) is 6. The zero-order valence-electron chi connectivity index (χ0n) is 18.5. The number of aromatic nitrogens is 4. The molecule has 5 rings (SSSR count). The quantitative estimate of drug-likeness (QED) is 0.440. The number of nitrogens with zero attached hydrogens (tertiary/aromatic N) is 4. The van der Waals surface area contributed by atoms with Gasteiger partial charge in [-0.3, -0.25) is 4.79 Å². The molecule has 1 aromatic carbocycles. The van der Waals surface area contributed by atoms with Gasteiger partial charge in [-0.25, -0.2) is 15.0 Å². The van der Waals surface area contributed by atoms with Gasteiger partial charge in [0.1, 0.15) is 17.8 Å². The molecule has 2 N–H and O–H groups in total. The average Bonchev–Trinajstić information content (AvgIpc) is 3.40. The fourth-order valence-corrected chi connectivity index (χ4v) is 4.65. The van der Waals surface area contributed by atoms with Crippen molar-refractivity contribution in [1.29, 1.82) is 0 Å². The Morgan fingerprint density at radius 3 is 2.88 bits per heavy atom. The maximum atomic E-state index is 12.5. The van der Waals surface area contributed by atoms with E-state index in [9.17, 15) is 4.79 Å². The molecule has 3 aromatic heterocycles. The first-order valence-corrected chi connectivity index (χ1v) is 11.6. The van der Waals surface area contributed by atoms with Crippen LogP contribution in [0, 0.1) is 5.41 Å². The summed E-state index contributed by atoms with van der Waals surface area (Å²) in [4.78, 5) is 31.2. The van der Waals surface area contributed by atoms with Crippen molar-refractivity contribution in [2.24, 2.45) is 5.41 Å². The van der Waals surface area contributed by atoms with Crippen LogP contribution in [0.4, 0.5) is 11.5 Å². The summed E-state index contributed by atoms with van der Waals surface area (Å²) in [7, 11) is 0. The Bertz CT molecular complexity index is 1330. The summed E-state index contributed by atoms with van der Waals surface area (Å²) in [5.74, 6) is 0.976. The minimum absolute atomic E-state index is 0.00431. The summed E-state index contributed by atoms with van der Waals surface area (Å²) in [6.45, 7) is 7.68. The first kappa shape index (κ1) is 20.6. The van der Waals surface area contributed by atoms with Crippen LogP contribution >= 0.6 is 11.3 Å². The number of thiazole rings is 1. The molecular formula is C24H26N6OS. The van der Waals surface area contributed by atoms with E-state index < -0.39 is 0 Å². The summed E-state index contributed by atoms with van der Waals surface area (Å²) < 4.78 is 1.16. The van der Waals surface area contributed by atoms with Gasteiger partial charge in [0.05, 0.1) is 21.1 Å². The molecule has 1 aliphatic heterocycles. The molecule has 1 amide bonds. The third-order valence-corrected chi connectivity index (χ3v) is 6.42. The summed E-state index contributed by atoms with van der Waals surface area (Å²) >= 11 is 1.63. The lowest BCUT2D eigenvalue weighted by Gasteiger charge is -2.29. The van der Waals surface area contributed by atoms with Crippen LogP contribution < -0.4 is 5.32 Å². The standard InChI is InChI=1S/C24H26N6OS/c1-24(2,3)12-21(31)30-8-6-15(7-9-30)18-11-17-22(25-13-26-23(17)29-18)28-16-4-5-20-19(10-16)27-14-32-20/h4-6,10-11,13-14H,7-9,12H2,1-3H3,(H2,25,26,28,29). The number of hydrogen-bond donors (Lipinski definition) is 2. The zero-order valence-corrected chi connectivity index (χ0v) is 19.3. The predicted octanol–water partition coefficient (Wildman–Crippen LogP) is 5.36. The Hall–Kier alpha value is -3.26. The molecule has 1 aliphatic rings.